The van der Waals surface area contributed by atoms with E-state index in [4.69, 9.17) is 0 Å². The average molecular weight is 389 g/mol. The molecule has 0 saturated heterocycles. The summed E-state index contributed by atoms with van der Waals surface area (Å²) in [5.74, 6) is 0.238. The minimum atomic E-state index is 0. The molecule has 0 saturated carbocycles. The third-order valence-corrected chi connectivity index (χ3v) is 4.76. The van der Waals surface area contributed by atoms with Crippen molar-refractivity contribution in [1.82, 2.24) is 0 Å². The van der Waals surface area contributed by atoms with Crippen LogP contribution in [0.5, 0.6) is 5.75 Å². The van der Waals surface area contributed by atoms with E-state index in [0.29, 0.717) is 0 Å². The number of rotatable bonds is 4. The second-order valence-corrected chi connectivity index (χ2v) is 6.41. The molecule has 0 unspecified atom stereocenters. The van der Waals surface area contributed by atoms with Crippen molar-refractivity contribution in [3.8, 4) is 39.1 Å². The predicted octanol–water partition coefficient (Wildman–Crippen LogP) is 6.39. The number of phenols is 1. The SMILES string of the molecule is C=Cc1c(O)cc(-c2ccccc2)c(-c2ccccc2)c1-c1ccccc1.[KH]. The van der Waals surface area contributed by atoms with Crippen molar-refractivity contribution in [2.75, 3.05) is 0 Å². The van der Waals surface area contributed by atoms with Crippen LogP contribution in [-0.2, 0) is 0 Å². The molecule has 0 bridgehead atoms. The van der Waals surface area contributed by atoms with E-state index in [1.54, 1.807) is 6.08 Å². The maximum absolute atomic E-state index is 10.8. The van der Waals surface area contributed by atoms with Crippen LogP contribution in [0.15, 0.2) is 104 Å². The molecule has 2 heteroatoms. The Morgan fingerprint density at radius 3 is 1.50 bits per heavy atom. The van der Waals surface area contributed by atoms with E-state index < -0.39 is 0 Å². The Morgan fingerprint density at radius 2 is 1.04 bits per heavy atom. The zero-order valence-electron chi connectivity index (χ0n) is 15.0. The molecule has 4 aromatic carbocycles. The van der Waals surface area contributed by atoms with Gasteiger partial charge in [-0.3, -0.25) is 0 Å². The first-order valence-corrected chi connectivity index (χ1v) is 8.98. The molecule has 0 aliphatic carbocycles. The average Bonchev–Trinajstić information content (AvgIpc) is 2.75. The Kier molecular flexibility index (Phi) is 7.06. The Bertz CT molecular complexity index is 1070. The van der Waals surface area contributed by atoms with Gasteiger partial charge in [0.2, 0.25) is 0 Å². The summed E-state index contributed by atoms with van der Waals surface area (Å²) in [7, 11) is 0. The fourth-order valence-corrected chi connectivity index (χ4v) is 3.55. The van der Waals surface area contributed by atoms with Crippen LogP contribution in [0.3, 0.4) is 0 Å². The molecule has 0 aliphatic rings. The van der Waals surface area contributed by atoms with Gasteiger partial charge in [-0.2, -0.15) is 0 Å². The minimum absolute atomic E-state index is 0. The van der Waals surface area contributed by atoms with Crippen LogP contribution in [0.4, 0.5) is 0 Å². The summed E-state index contributed by atoms with van der Waals surface area (Å²) < 4.78 is 0. The van der Waals surface area contributed by atoms with Crippen molar-refractivity contribution in [1.29, 1.82) is 0 Å². The third-order valence-electron chi connectivity index (χ3n) is 4.76. The zero-order chi connectivity index (χ0) is 18.6. The van der Waals surface area contributed by atoms with E-state index in [1.165, 1.54) is 0 Å². The number of phenolic OH excluding ortho intramolecular Hbond substituents is 1. The molecule has 0 aromatic heterocycles. The van der Waals surface area contributed by atoms with Crippen LogP contribution in [0.25, 0.3) is 39.5 Å². The molecule has 4 aromatic rings. The topological polar surface area (TPSA) is 20.2 Å². The van der Waals surface area contributed by atoms with Crippen LogP contribution in [0, 0.1) is 0 Å². The van der Waals surface area contributed by atoms with Crippen molar-refractivity contribution >= 4 is 57.5 Å². The van der Waals surface area contributed by atoms with E-state index in [1.807, 2.05) is 60.7 Å². The molecule has 0 amide bonds. The summed E-state index contributed by atoms with van der Waals surface area (Å²) in [6.07, 6.45) is 1.74. The standard InChI is InChI=1S/C26H20O.K.H/c1-2-22-24(27)18-23(19-12-6-3-7-13-19)26(21-16-10-5-11-17-21)25(22)20-14-8-4-9-15-20;;/h2-18,27H,1H2;;. The van der Waals surface area contributed by atoms with Crippen LogP contribution in [0.2, 0.25) is 0 Å². The number of hydrogen-bond donors (Lipinski definition) is 1. The van der Waals surface area contributed by atoms with Gasteiger partial charge >= 0.3 is 51.4 Å². The molecule has 0 heterocycles. The normalized spacial score (nSPS) is 10.1. The summed E-state index contributed by atoms with van der Waals surface area (Å²) >= 11 is 0. The third kappa shape index (κ3) is 4.07. The second-order valence-electron chi connectivity index (χ2n) is 6.41. The van der Waals surface area contributed by atoms with Crippen molar-refractivity contribution in [3.05, 3.63) is 109 Å². The van der Waals surface area contributed by atoms with Crippen molar-refractivity contribution in [2.24, 2.45) is 0 Å². The van der Waals surface area contributed by atoms with Crippen LogP contribution in [-0.4, -0.2) is 56.5 Å². The Hall–Kier alpha value is -1.94. The van der Waals surface area contributed by atoms with Gasteiger partial charge in [-0.05, 0) is 33.9 Å². The van der Waals surface area contributed by atoms with Gasteiger partial charge in [-0.15, -0.1) is 0 Å². The summed E-state index contributed by atoms with van der Waals surface area (Å²) in [5, 5.41) is 10.8. The Balaban J connectivity index is 0.00000225. The van der Waals surface area contributed by atoms with E-state index in [0.717, 1.165) is 38.9 Å². The van der Waals surface area contributed by atoms with Gasteiger partial charge in [0.1, 0.15) is 5.75 Å². The van der Waals surface area contributed by atoms with Gasteiger partial charge < -0.3 is 5.11 Å². The van der Waals surface area contributed by atoms with Crippen molar-refractivity contribution in [2.45, 2.75) is 0 Å². The number of benzene rings is 4. The summed E-state index contributed by atoms with van der Waals surface area (Å²) in [4.78, 5) is 0. The summed E-state index contributed by atoms with van der Waals surface area (Å²) in [6.45, 7) is 3.96. The van der Waals surface area contributed by atoms with Gasteiger partial charge in [0.05, 0.1) is 0 Å². The van der Waals surface area contributed by atoms with Crippen LogP contribution < -0.4 is 0 Å². The summed E-state index contributed by atoms with van der Waals surface area (Å²) in [6, 6.07) is 32.5. The molecule has 0 aliphatic heterocycles. The molecule has 0 spiro atoms. The fourth-order valence-electron chi connectivity index (χ4n) is 3.55. The van der Waals surface area contributed by atoms with Gasteiger partial charge in [0.25, 0.3) is 0 Å². The molecule has 1 nitrogen and oxygen atoms in total. The maximum atomic E-state index is 10.8. The van der Waals surface area contributed by atoms with Gasteiger partial charge in [-0.25, -0.2) is 0 Å². The molecule has 0 atom stereocenters. The first kappa shape index (κ1) is 20.8. The molecular weight excluding hydrogens is 367 g/mol. The molecular formula is C26H21KO. The molecule has 1 N–H and O–H groups in total. The Morgan fingerprint density at radius 1 is 0.607 bits per heavy atom. The van der Waals surface area contributed by atoms with E-state index in [2.05, 4.69) is 43.0 Å². The zero-order valence-corrected chi connectivity index (χ0v) is 15.0. The molecule has 132 valence electrons. The fraction of sp³-hybridized carbons (Fsp3) is 0. The van der Waals surface area contributed by atoms with Crippen LogP contribution in [0.1, 0.15) is 5.56 Å². The van der Waals surface area contributed by atoms with Gasteiger partial charge in [0.15, 0.2) is 0 Å². The number of hydrogen-bond acceptors (Lipinski definition) is 1. The molecule has 0 fully saturated rings. The predicted molar refractivity (Wildman–Crippen MR) is 122 cm³/mol. The van der Waals surface area contributed by atoms with Gasteiger partial charge in [0, 0.05) is 11.1 Å². The first-order chi connectivity index (χ1) is 13.3. The molecule has 4 rings (SSSR count). The summed E-state index contributed by atoms with van der Waals surface area (Å²) in [5.41, 5.74) is 7.08. The second kappa shape index (κ2) is 9.51. The van der Waals surface area contributed by atoms with Crippen LogP contribution >= 0.6 is 0 Å². The van der Waals surface area contributed by atoms with E-state index >= 15 is 0 Å². The molecule has 28 heavy (non-hydrogen) atoms. The van der Waals surface area contributed by atoms with Crippen molar-refractivity contribution in [3.63, 3.8) is 0 Å². The first-order valence-electron chi connectivity index (χ1n) is 8.98. The van der Waals surface area contributed by atoms with E-state index in [9.17, 15) is 5.11 Å². The van der Waals surface area contributed by atoms with Crippen molar-refractivity contribution < 1.29 is 5.11 Å². The Labute approximate surface area is 208 Å². The molecule has 0 radical (unpaired) electrons. The van der Waals surface area contributed by atoms with Gasteiger partial charge in [-0.1, -0.05) is 104 Å². The quantitative estimate of drug-likeness (QED) is 0.402. The number of aromatic hydroxyl groups is 1. The van der Waals surface area contributed by atoms with E-state index in [-0.39, 0.29) is 57.1 Å². The monoisotopic (exact) mass is 388 g/mol.